The number of aromatic amines is 1. The second-order valence-corrected chi connectivity index (χ2v) is 6.98. The molecule has 1 aliphatic carbocycles. The highest BCUT2D eigenvalue weighted by Gasteiger charge is 2.31. The van der Waals surface area contributed by atoms with Crippen molar-refractivity contribution in [3.63, 3.8) is 0 Å². The van der Waals surface area contributed by atoms with Crippen molar-refractivity contribution in [1.82, 2.24) is 10.2 Å². The van der Waals surface area contributed by atoms with Crippen molar-refractivity contribution in [2.75, 3.05) is 5.32 Å². The van der Waals surface area contributed by atoms with Crippen LogP contribution < -0.4 is 5.32 Å². The molecule has 0 saturated heterocycles. The number of H-pyrrole nitrogens is 1. The van der Waals surface area contributed by atoms with Crippen molar-refractivity contribution in [1.29, 1.82) is 0 Å². The van der Waals surface area contributed by atoms with E-state index in [-0.39, 0.29) is 11.7 Å². The first-order valence-corrected chi connectivity index (χ1v) is 8.75. The summed E-state index contributed by atoms with van der Waals surface area (Å²) < 4.78 is 13.6. The van der Waals surface area contributed by atoms with E-state index in [1.165, 1.54) is 12.1 Å². The number of carbonyl (C=O) groups excluding carboxylic acids is 1. The average Bonchev–Trinajstić information content (AvgIpc) is 3.11. The van der Waals surface area contributed by atoms with Crippen molar-refractivity contribution in [3.8, 4) is 11.3 Å². The van der Waals surface area contributed by atoms with Gasteiger partial charge in [0.2, 0.25) is 5.91 Å². The number of amides is 1. The van der Waals surface area contributed by atoms with Crippen molar-refractivity contribution >= 4 is 22.9 Å². The monoisotopic (exact) mass is 341 g/mol. The van der Waals surface area contributed by atoms with Crippen LogP contribution in [-0.4, -0.2) is 16.1 Å². The summed E-state index contributed by atoms with van der Waals surface area (Å²) in [4.78, 5) is 13.4. The molecule has 24 heavy (non-hydrogen) atoms. The topological polar surface area (TPSA) is 57.8 Å². The van der Waals surface area contributed by atoms with Gasteiger partial charge in [0.15, 0.2) is 0 Å². The molecule has 0 spiro atoms. The van der Waals surface area contributed by atoms with Gasteiger partial charge in [-0.1, -0.05) is 18.2 Å². The molecular formula is C18H16FN3OS. The number of nitrogens with zero attached hydrogens (tertiary/aromatic N) is 1. The number of hydrogen-bond acceptors (Lipinski definition) is 3. The number of anilines is 1. The zero-order chi connectivity index (χ0) is 16.5. The molecule has 0 bridgehead atoms. The predicted octanol–water partition coefficient (Wildman–Crippen LogP) is 4.34. The molecule has 1 aromatic carbocycles. The smallest absolute Gasteiger partial charge is 0.229 e. The summed E-state index contributed by atoms with van der Waals surface area (Å²) in [5.74, 6) is -0.00501. The molecule has 2 N–H and O–H groups in total. The standard InChI is InChI=1S/C18H16FN3OS/c19-13-4-1-3-12(9-13)17-18(16(21-22-17)11-6-7-11)20-15(23)10-14-5-2-8-24-14/h1-5,8-9,11H,6-7,10H2,(H,20,23)(H,21,22). The van der Waals surface area contributed by atoms with E-state index < -0.39 is 0 Å². The maximum Gasteiger partial charge on any atom is 0.229 e. The van der Waals surface area contributed by atoms with Crippen LogP contribution in [0.15, 0.2) is 41.8 Å². The SMILES string of the molecule is O=C(Cc1cccs1)Nc1c(-c2cccc(F)c2)n[nH]c1C1CC1. The average molecular weight is 341 g/mol. The van der Waals surface area contributed by atoms with E-state index in [1.54, 1.807) is 23.5 Å². The predicted molar refractivity (Wildman–Crippen MR) is 92.6 cm³/mol. The third kappa shape index (κ3) is 3.10. The quantitative estimate of drug-likeness (QED) is 0.725. The van der Waals surface area contributed by atoms with Gasteiger partial charge in [0.25, 0.3) is 0 Å². The summed E-state index contributed by atoms with van der Waals surface area (Å²) in [5, 5.41) is 12.3. The van der Waals surface area contributed by atoms with Crippen LogP contribution in [0.2, 0.25) is 0 Å². The maximum atomic E-state index is 13.6. The molecule has 2 aromatic heterocycles. The maximum absolute atomic E-state index is 13.6. The zero-order valence-electron chi connectivity index (χ0n) is 12.9. The van der Waals surface area contributed by atoms with Gasteiger partial charge in [-0.15, -0.1) is 11.3 Å². The Morgan fingerprint density at radius 2 is 2.21 bits per heavy atom. The first-order chi connectivity index (χ1) is 11.7. The Balaban J connectivity index is 1.65. The number of hydrogen-bond donors (Lipinski definition) is 2. The lowest BCUT2D eigenvalue weighted by Gasteiger charge is -2.08. The van der Waals surface area contributed by atoms with Gasteiger partial charge >= 0.3 is 0 Å². The van der Waals surface area contributed by atoms with E-state index in [1.807, 2.05) is 17.5 Å². The summed E-state index contributed by atoms with van der Waals surface area (Å²) in [5.41, 5.74) is 2.87. The molecule has 122 valence electrons. The van der Waals surface area contributed by atoms with E-state index in [4.69, 9.17) is 0 Å². The summed E-state index contributed by atoms with van der Waals surface area (Å²) >= 11 is 1.56. The summed E-state index contributed by atoms with van der Waals surface area (Å²) in [6.07, 6.45) is 2.49. The number of aromatic nitrogens is 2. The fraction of sp³-hybridized carbons (Fsp3) is 0.222. The van der Waals surface area contributed by atoms with E-state index in [0.717, 1.165) is 23.4 Å². The van der Waals surface area contributed by atoms with Crippen molar-refractivity contribution in [2.24, 2.45) is 0 Å². The molecule has 4 nitrogen and oxygen atoms in total. The van der Waals surface area contributed by atoms with Crippen LogP contribution >= 0.6 is 11.3 Å². The number of nitrogens with one attached hydrogen (secondary N) is 2. The zero-order valence-corrected chi connectivity index (χ0v) is 13.7. The molecule has 1 saturated carbocycles. The first-order valence-electron chi connectivity index (χ1n) is 7.87. The highest BCUT2D eigenvalue weighted by Crippen LogP contribution is 2.45. The van der Waals surface area contributed by atoms with E-state index in [9.17, 15) is 9.18 Å². The van der Waals surface area contributed by atoms with Crippen molar-refractivity contribution in [3.05, 3.63) is 58.2 Å². The van der Waals surface area contributed by atoms with Gasteiger partial charge in [-0.25, -0.2) is 4.39 Å². The lowest BCUT2D eigenvalue weighted by atomic mass is 10.1. The van der Waals surface area contributed by atoms with Crippen LogP contribution in [0, 0.1) is 5.82 Å². The van der Waals surface area contributed by atoms with Crippen LogP contribution in [-0.2, 0) is 11.2 Å². The van der Waals surface area contributed by atoms with E-state index in [2.05, 4.69) is 15.5 Å². The Morgan fingerprint density at radius 3 is 2.92 bits per heavy atom. The normalized spacial score (nSPS) is 13.9. The highest BCUT2D eigenvalue weighted by atomic mass is 32.1. The Bertz CT molecular complexity index is 868. The molecule has 3 aromatic rings. The van der Waals surface area contributed by atoms with Gasteiger partial charge in [-0.05, 0) is 36.4 Å². The van der Waals surface area contributed by atoms with Crippen LogP contribution in [0.4, 0.5) is 10.1 Å². The third-order valence-corrected chi connectivity index (χ3v) is 4.93. The minimum atomic E-state index is -0.320. The van der Waals surface area contributed by atoms with Gasteiger partial charge < -0.3 is 5.32 Å². The number of carbonyl (C=O) groups is 1. The molecule has 1 amide bonds. The van der Waals surface area contributed by atoms with E-state index >= 15 is 0 Å². The fourth-order valence-corrected chi connectivity index (χ4v) is 3.45. The molecule has 1 aliphatic rings. The minimum Gasteiger partial charge on any atom is -0.322 e. The highest BCUT2D eigenvalue weighted by molar-refractivity contribution is 7.10. The second-order valence-electron chi connectivity index (χ2n) is 5.95. The van der Waals surface area contributed by atoms with Gasteiger partial charge in [0.05, 0.1) is 17.8 Å². The molecular weight excluding hydrogens is 325 g/mol. The number of benzene rings is 1. The molecule has 1 fully saturated rings. The van der Waals surface area contributed by atoms with Gasteiger partial charge in [-0.2, -0.15) is 5.10 Å². The second kappa shape index (κ2) is 6.20. The molecule has 0 unspecified atom stereocenters. The first kappa shape index (κ1) is 15.1. The molecule has 4 rings (SSSR count). The fourth-order valence-electron chi connectivity index (χ4n) is 2.75. The third-order valence-electron chi connectivity index (χ3n) is 4.06. The Labute approximate surface area is 142 Å². The Hall–Kier alpha value is -2.47. The van der Waals surface area contributed by atoms with Crippen molar-refractivity contribution < 1.29 is 9.18 Å². The van der Waals surface area contributed by atoms with Gasteiger partial charge in [-0.3, -0.25) is 9.89 Å². The molecule has 0 radical (unpaired) electrons. The molecule has 6 heteroatoms. The van der Waals surface area contributed by atoms with Crippen LogP contribution in [0.5, 0.6) is 0 Å². The lowest BCUT2D eigenvalue weighted by molar-refractivity contribution is -0.115. The number of thiophene rings is 1. The largest absolute Gasteiger partial charge is 0.322 e. The Kier molecular flexibility index (Phi) is 3.90. The summed E-state index contributed by atoms with van der Waals surface area (Å²) in [6.45, 7) is 0. The number of halogens is 1. The van der Waals surface area contributed by atoms with Crippen LogP contribution in [0.25, 0.3) is 11.3 Å². The summed E-state index contributed by atoms with van der Waals surface area (Å²) in [7, 11) is 0. The molecule has 0 aliphatic heterocycles. The van der Waals surface area contributed by atoms with Crippen LogP contribution in [0.3, 0.4) is 0 Å². The minimum absolute atomic E-state index is 0.0848. The summed E-state index contributed by atoms with van der Waals surface area (Å²) in [6, 6.07) is 10.1. The van der Waals surface area contributed by atoms with E-state index in [0.29, 0.717) is 29.3 Å². The van der Waals surface area contributed by atoms with Gasteiger partial charge in [0.1, 0.15) is 11.5 Å². The molecule has 2 heterocycles. The van der Waals surface area contributed by atoms with Crippen LogP contribution in [0.1, 0.15) is 29.3 Å². The van der Waals surface area contributed by atoms with Crippen molar-refractivity contribution in [2.45, 2.75) is 25.2 Å². The Morgan fingerprint density at radius 1 is 1.33 bits per heavy atom. The molecule has 0 atom stereocenters. The van der Waals surface area contributed by atoms with Gasteiger partial charge in [0, 0.05) is 16.4 Å². The lowest BCUT2D eigenvalue weighted by Crippen LogP contribution is -2.15. The number of rotatable bonds is 5.